The van der Waals surface area contributed by atoms with E-state index in [9.17, 15) is 10.1 Å². The first kappa shape index (κ1) is 23.5. The van der Waals surface area contributed by atoms with Crippen molar-refractivity contribution < 1.29 is 14.2 Å². The predicted octanol–water partition coefficient (Wildman–Crippen LogP) is 6.78. The third kappa shape index (κ3) is 4.91. The predicted molar refractivity (Wildman–Crippen MR) is 136 cm³/mol. The van der Waals surface area contributed by atoms with Crippen molar-refractivity contribution in [2.24, 2.45) is 0 Å². The Morgan fingerprint density at radius 3 is 2.53 bits per heavy atom. The molecule has 36 heavy (non-hydrogen) atoms. The molecule has 0 bridgehead atoms. The number of aryl methyl sites for hydroxylation is 1. The van der Waals surface area contributed by atoms with Crippen molar-refractivity contribution in [3.63, 3.8) is 0 Å². The number of nitrogens with zero attached hydrogens (tertiary/aromatic N) is 4. The lowest BCUT2D eigenvalue weighted by atomic mass is 10.0. The zero-order valence-corrected chi connectivity index (χ0v) is 20.1. The van der Waals surface area contributed by atoms with Gasteiger partial charge in [0.2, 0.25) is 0 Å². The molecule has 0 unspecified atom stereocenters. The summed E-state index contributed by atoms with van der Waals surface area (Å²) in [5.41, 5.74) is 4.71. The lowest BCUT2D eigenvalue weighted by Gasteiger charge is -2.09. The second-order valence-electron chi connectivity index (χ2n) is 8.14. The van der Waals surface area contributed by atoms with Crippen LogP contribution in [0.25, 0.3) is 28.2 Å². The molecule has 0 amide bonds. The minimum Gasteiger partial charge on any atom is -0.369 e. The zero-order valence-electron chi connectivity index (χ0n) is 19.3. The Morgan fingerprint density at radius 1 is 1.03 bits per heavy atom. The molecule has 9 heteroatoms. The summed E-state index contributed by atoms with van der Waals surface area (Å²) in [5.74, 6) is 1.26. The first-order valence-corrected chi connectivity index (χ1v) is 11.5. The van der Waals surface area contributed by atoms with Gasteiger partial charge in [-0.3, -0.25) is 10.1 Å². The highest BCUT2D eigenvalue weighted by Gasteiger charge is 2.21. The Bertz CT molecular complexity index is 1510. The molecule has 3 aromatic carbocycles. The quantitative estimate of drug-likeness (QED) is 0.172. The Kier molecular flexibility index (Phi) is 6.62. The molecular formula is C27H21ClN4O4. The SMILES string of the molecule is Cc1onc(-c2ccccc2)c1-c1cn(-c2ccc([N+](=O)[O-])cc2)c(COCc2cccc(Cl)c2)n1. The summed E-state index contributed by atoms with van der Waals surface area (Å²) in [7, 11) is 0. The molecule has 0 spiro atoms. The molecule has 2 heterocycles. The highest BCUT2D eigenvalue weighted by molar-refractivity contribution is 6.30. The number of non-ortho nitro benzene ring substituents is 1. The minimum atomic E-state index is -0.426. The summed E-state index contributed by atoms with van der Waals surface area (Å²) in [6.45, 7) is 2.40. The maximum Gasteiger partial charge on any atom is 0.269 e. The van der Waals surface area contributed by atoms with E-state index in [2.05, 4.69) is 5.16 Å². The average molecular weight is 501 g/mol. The van der Waals surface area contributed by atoms with E-state index >= 15 is 0 Å². The molecule has 0 saturated heterocycles. The van der Waals surface area contributed by atoms with Gasteiger partial charge in [-0.2, -0.15) is 0 Å². The third-order valence-corrected chi connectivity index (χ3v) is 5.91. The molecule has 180 valence electrons. The van der Waals surface area contributed by atoms with Crippen molar-refractivity contribution in [3.05, 3.63) is 117 Å². The number of halogens is 1. The van der Waals surface area contributed by atoms with Gasteiger partial charge < -0.3 is 13.8 Å². The second-order valence-corrected chi connectivity index (χ2v) is 8.57. The van der Waals surface area contributed by atoms with Gasteiger partial charge in [0.25, 0.3) is 5.69 Å². The van der Waals surface area contributed by atoms with Crippen molar-refractivity contribution in [3.8, 4) is 28.2 Å². The fourth-order valence-electron chi connectivity index (χ4n) is 3.95. The van der Waals surface area contributed by atoms with E-state index in [-0.39, 0.29) is 12.3 Å². The van der Waals surface area contributed by atoms with Gasteiger partial charge in [-0.25, -0.2) is 4.98 Å². The summed E-state index contributed by atoms with van der Waals surface area (Å²) in [5, 5.41) is 16.0. The highest BCUT2D eigenvalue weighted by Crippen LogP contribution is 2.34. The smallest absolute Gasteiger partial charge is 0.269 e. The molecular weight excluding hydrogens is 480 g/mol. The van der Waals surface area contributed by atoms with E-state index < -0.39 is 4.92 Å². The molecule has 5 aromatic rings. The Hall–Kier alpha value is -4.27. The van der Waals surface area contributed by atoms with E-state index in [0.29, 0.717) is 34.6 Å². The van der Waals surface area contributed by atoms with Crippen molar-refractivity contribution in [1.82, 2.24) is 14.7 Å². The Labute approximate surface area is 211 Å². The van der Waals surface area contributed by atoms with Crippen LogP contribution in [0.1, 0.15) is 17.1 Å². The molecule has 0 aliphatic carbocycles. The zero-order chi connectivity index (χ0) is 25.1. The molecule has 0 aliphatic rings. The monoisotopic (exact) mass is 500 g/mol. The maximum absolute atomic E-state index is 11.1. The first-order valence-electron chi connectivity index (χ1n) is 11.2. The third-order valence-electron chi connectivity index (χ3n) is 5.67. The van der Waals surface area contributed by atoms with Crippen LogP contribution >= 0.6 is 11.6 Å². The van der Waals surface area contributed by atoms with Gasteiger partial charge in [0.1, 0.15) is 23.9 Å². The normalized spacial score (nSPS) is 11.1. The van der Waals surface area contributed by atoms with Gasteiger partial charge in [-0.1, -0.05) is 59.2 Å². The molecule has 0 saturated carbocycles. The van der Waals surface area contributed by atoms with Crippen LogP contribution in [-0.4, -0.2) is 19.6 Å². The molecule has 2 aromatic heterocycles. The van der Waals surface area contributed by atoms with Crippen LogP contribution in [0.5, 0.6) is 0 Å². The van der Waals surface area contributed by atoms with Gasteiger partial charge in [0, 0.05) is 34.6 Å². The van der Waals surface area contributed by atoms with Gasteiger partial charge in [0.05, 0.1) is 22.8 Å². The molecule has 0 N–H and O–H groups in total. The number of imidazole rings is 1. The highest BCUT2D eigenvalue weighted by atomic mass is 35.5. The van der Waals surface area contributed by atoms with E-state index in [4.69, 9.17) is 25.8 Å². The number of benzene rings is 3. The summed E-state index contributed by atoms with van der Waals surface area (Å²) in [6, 6.07) is 23.5. The molecule has 0 aliphatic heterocycles. The van der Waals surface area contributed by atoms with Crippen LogP contribution in [0.15, 0.2) is 89.6 Å². The average Bonchev–Trinajstić information content (AvgIpc) is 3.48. The van der Waals surface area contributed by atoms with Crippen molar-refractivity contribution in [2.45, 2.75) is 20.1 Å². The number of nitro groups is 1. The molecule has 8 nitrogen and oxygen atoms in total. The van der Waals surface area contributed by atoms with E-state index in [1.54, 1.807) is 12.1 Å². The number of rotatable bonds is 8. The molecule has 5 rings (SSSR count). The number of ether oxygens (including phenoxy) is 1. The molecule has 0 radical (unpaired) electrons. The number of hydrogen-bond acceptors (Lipinski definition) is 6. The van der Waals surface area contributed by atoms with Crippen LogP contribution in [-0.2, 0) is 18.0 Å². The van der Waals surface area contributed by atoms with E-state index in [1.807, 2.05) is 72.3 Å². The van der Waals surface area contributed by atoms with Crippen LogP contribution in [0.3, 0.4) is 0 Å². The fourth-order valence-corrected chi connectivity index (χ4v) is 4.17. The van der Waals surface area contributed by atoms with Gasteiger partial charge in [-0.15, -0.1) is 0 Å². The summed E-state index contributed by atoms with van der Waals surface area (Å²) in [6.07, 6.45) is 1.87. The number of nitro benzene ring substituents is 1. The largest absolute Gasteiger partial charge is 0.369 e. The summed E-state index contributed by atoms with van der Waals surface area (Å²) < 4.78 is 13.4. The topological polar surface area (TPSA) is 96.2 Å². The second kappa shape index (κ2) is 10.2. The molecule has 0 atom stereocenters. The lowest BCUT2D eigenvalue weighted by molar-refractivity contribution is -0.384. The number of aromatic nitrogens is 3. The van der Waals surface area contributed by atoms with Crippen molar-refractivity contribution >= 4 is 17.3 Å². The van der Waals surface area contributed by atoms with E-state index in [0.717, 1.165) is 22.4 Å². The van der Waals surface area contributed by atoms with Crippen LogP contribution in [0.2, 0.25) is 5.02 Å². The minimum absolute atomic E-state index is 0.0130. The Morgan fingerprint density at radius 2 is 1.81 bits per heavy atom. The maximum atomic E-state index is 11.1. The Balaban J connectivity index is 1.52. The molecule has 0 fully saturated rings. The fraction of sp³-hybridized carbons (Fsp3) is 0.111. The van der Waals surface area contributed by atoms with E-state index in [1.165, 1.54) is 12.1 Å². The summed E-state index contributed by atoms with van der Waals surface area (Å²) in [4.78, 5) is 15.6. The summed E-state index contributed by atoms with van der Waals surface area (Å²) >= 11 is 6.09. The number of hydrogen-bond donors (Lipinski definition) is 0. The van der Waals surface area contributed by atoms with Crippen LogP contribution in [0.4, 0.5) is 5.69 Å². The van der Waals surface area contributed by atoms with Gasteiger partial charge in [-0.05, 0) is 36.8 Å². The lowest BCUT2D eigenvalue weighted by Crippen LogP contribution is -2.03. The standard InChI is InChI=1S/C27H21ClN4O4/c1-18-26(27(30-36-18)20-7-3-2-4-8-20)24-15-31(22-10-12-23(13-11-22)32(33)34)25(29-24)17-35-16-19-6-5-9-21(28)14-19/h2-15H,16-17H2,1H3. The van der Waals surface area contributed by atoms with Crippen molar-refractivity contribution in [2.75, 3.05) is 0 Å². The van der Waals surface area contributed by atoms with Gasteiger partial charge >= 0.3 is 0 Å². The first-order chi connectivity index (χ1) is 17.5. The van der Waals surface area contributed by atoms with Crippen molar-refractivity contribution in [1.29, 1.82) is 0 Å². The van der Waals surface area contributed by atoms with Crippen LogP contribution in [0, 0.1) is 17.0 Å². The van der Waals surface area contributed by atoms with Gasteiger partial charge in [0.15, 0.2) is 0 Å². The van der Waals surface area contributed by atoms with Crippen LogP contribution < -0.4 is 0 Å².